The fraction of sp³-hybridized carbons (Fsp3) is 0.176. The highest BCUT2D eigenvalue weighted by Gasteiger charge is 2.16. The molecule has 5 nitrogen and oxygen atoms in total. The van der Waals surface area contributed by atoms with Crippen LogP contribution in [0.5, 0.6) is 0 Å². The second-order valence-corrected chi connectivity index (χ2v) is 5.73. The van der Waals surface area contributed by atoms with Gasteiger partial charge in [-0.15, -0.1) is 0 Å². The number of anilines is 1. The molecule has 0 fully saturated rings. The molecule has 0 aromatic heterocycles. The van der Waals surface area contributed by atoms with Crippen LogP contribution in [0.3, 0.4) is 0 Å². The van der Waals surface area contributed by atoms with Gasteiger partial charge in [0.2, 0.25) is 5.91 Å². The zero-order valence-electron chi connectivity index (χ0n) is 12.8. The highest BCUT2D eigenvalue weighted by molar-refractivity contribution is 6.30. The van der Waals surface area contributed by atoms with Gasteiger partial charge in [-0.3, -0.25) is 9.59 Å². The van der Waals surface area contributed by atoms with Gasteiger partial charge in [-0.1, -0.05) is 23.7 Å². The number of hydrogen-bond donors (Lipinski definition) is 3. The lowest BCUT2D eigenvalue weighted by Gasteiger charge is -2.15. The van der Waals surface area contributed by atoms with Gasteiger partial charge in [0.05, 0.1) is 5.56 Å². The fourth-order valence-corrected chi connectivity index (χ4v) is 2.43. The van der Waals surface area contributed by atoms with E-state index in [1.165, 1.54) is 12.1 Å². The standard InChI is InChI=1S/C17H17ClFN3O2/c18-12-3-1-10(2-4-12)11(9-20)7-16(23)22-13-5-6-14(17(21)24)15(19)8-13/h1-6,8,11H,7,9,20H2,(H2,21,24)(H,22,23). The summed E-state index contributed by atoms with van der Waals surface area (Å²) < 4.78 is 13.7. The summed E-state index contributed by atoms with van der Waals surface area (Å²) in [5, 5.41) is 3.18. The second-order valence-electron chi connectivity index (χ2n) is 5.30. The van der Waals surface area contributed by atoms with E-state index >= 15 is 0 Å². The minimum absolute atomic E-state index is 0.136. The number of carbonyl (C=O) groups is 2. The summed E-state index contributed by atoms with van der Waals surface area (Å²) >= 11 is 5.84. The summed E-state index contributed by atoms with van der Waals surface area (Å²) in [4.78, 5) is 23.1. The maximum absolute atomic E-state index is 13.7. The van der Waals surface area contributed by atoms with Crippen LogP contribution in [0.1, 0.15) is 28.3 Å². The Morgan fingerprint density at radius 3 is 2.38 bits per heavy atom. The van der Waals surface area contributed by atoms with Crippen LogP contribution in [0.2, 0.25) is 5.02 Å². The third-order valence-electron chi connectivity index (χ3n) is 3.58. The van der Waals surface area contributed by atoms with E-state index in [1.807, 2.05) is 12.1 Å². The predicted molar refractivity (Wildman–Crippen MR) is 91.4 cm³/mol. The van der Waals surface area contributed by atoms with E-state index in [1.54, 1.807) is 12.1 Å². The summed E-state index contributed by atoms with van der Waals surface area (Å²) in [5.41, 5.74) is 11.7. The molecular weight excluding hydrogens is 333 g/mol. The van der Waals surface area contributed by atoms with Crippen LogP contribution in [0.25, 0.3) is 0 Å². The maximum Gasteiger partial charge on any atom is 0.251 e. The number of benzene rings is 2. The molecule has 0 radical (unpaired) electrons. The molecule has 0 aliphatic carbocycles. The molecule has 126 valence electrons. The minimum atomic E-state index is -0.865. The maximum atomic E-state index is 13.7. The number of hydrogen-bond acceptors (Lipinski definition) is 3. The first kappa shape index (κ1) is 17.9. The average Bonchev–Trinajstić information content (AvgIpc) is 2.53. The molecule has 2 aromatic rings. The Morgan fingerprint density at radius 1 is 1.17 bits per heavy atom. The lowest BCUT2D eigenvalue weighted by atomic mass is 9.95. The summed E-state index contributed by atoms with van der Waals surface area (Å²) in [6.45, 7) is 0.282. The van der Waals surface area contributed by atoms with E-state index in [2.05, 4.69) is 5.32 Å². The largest absolute Gasteiger partial charge is 0.366 e. The lowest BCUT2D eigenvalue weighted by molar-refractivity contribution is -0.116. The van der Waals surface area contributed by atoms with Crippen LogP contribution < -0.4 is 16.8 Å². The van der Waals surface area contributed by atoms with Crippen LogP contribution in [0.15, 0.2) is 42.5 Å². The summed E-state index contributed by atoms with van der Waals surface area (Å²) in [5.74, 6) is -2.15. The third kappa shape index (κ3) is 4.53. The molecule has 2 rings (SSSR count). The van der Waals surface area contributed by atoms with Crippen molar-refractivity contribution in [2.75, 3.05) is 11.9 Å². The quantitative estimate of drug-likeness (QED) is 0.747. The van der Waals surface area contributed by atoms with Crippen molar-refractivity contribution >= 4 is 29.1 Å². The molecule has 0 aliphatic rings. The normalized spacial score (nSPS) is 11.8. The van der Waals surface area contributed by atoms with Gasteiger partial charge in [-0.05, 0) is 42.4 Å². The first-order chi connectivity index (χ1) is 11.4. The van der Waals surface area contributed by atoms with Gasteiger partial charge in [0, 0.05) is 23.0 Å². The number of rotatable bonds is 6. The molecule has 0 saturated heterocycles. The van der Waals surface area contributed by atoms with Crippen molar-refractivity contribution in [2.24, 2.45) is 11.5 Å². The van der Waals surface area contributed by atoms with Gasteiger partial charge in [0.1, 0.15) is 5.82 Å². The summed E-state index contributed by atoms with van der Waals surface area (Å²) in [6.07, 6.45) is 0.136. The van der Waals surface area contributed by atoms with E-state index in [0.717, 1.165) is 11.6 Å². The Balaban J connectivity index is 2.05. The molecule has 2 amide bonds. The zero-order chi connectivity index (χ0) is 17.7. The van der Waals surface area contributed by atoms with Crippen molar-refractivity contribution in [2.45, 2.75) is 12.3 Å². The van der Waals surface area contributed by atoms with Gasteiger partial charge in [0.15, 0.2) is 0 Å². The second kappa shape index (κ2) is 7.90. The SMILES string of the molecule is NCC(CC(=O)Nc1ccc(C(N)=O)c(F)c1)c1ccc(Cl)cc1. The van der Waals surface area contributed by atoms with Crippen LogP contribution >= 0.6 is 11.6 Å². The molecule has 7 heteroatoms. The van der Waals surface area contributed by atoms with Crippen LogP contribution in [0.4, 0.5) is 10.1 Å². The van der Waals surface area contributed by atoms with E-state index in [-0.39, 0.29) is 36.0 Å². The Kier molecular flexibility index (Phi) is 5.89. The first-order valence-corrected chi connectivity index (χ1v) is 7.63. The molecule has 1 unspecified atom stereocenters. The number of nitrogens with one attached hydrogen (secondary N) is 1. The molecule has 1 atom stereocenters. The summed E-state index contributed by atoms with van der Waals surface area (Å²) in [7, 11) is 0. The summed E-state index contributed by atoms with van der Waals surface area (Å²) in [6, 6.07) is 10.8. The van der Waals surface area contributed by atoms with Crippen molar-refractivity contribution in [3.05, 3.63) is 64.4 Å². The smallest absolute Gasteiger partial charge is 0.251 e. The monoisotopic (exact) mass is 349 g/mol. The molecule has 0 aliphatic heterocycles. The lowest BCUT2D eigenvalue weighted by Crippen LogP contribution is -2.21. The van der Waals surface area contributed by atoms with Crippen molar-refractivity contribution in [1.29, 1.82) is 0 Å². The molecule has 24 heavy (non-hydrogen) atoms. The van der Waals surface area contributed by atoms with Crippen LogP contribution in [0, 0.1) is 5.82 Å². The van der Waals surface area contributed by atoms with Crippen molar-refractivity contribution in [3.63, 3.8) is 0 Å². The third-order valence-corrected chi connectivity index (χ3v) is 3.83. The molecular formula is C17H17ClFN3O2. The molecule has 0 saturated carbocycles. The Morgan fingerprint density at radius 2 is 1.83 bits per heavy atom. The Hall–Kier alpha value is -2.44. The van der Waals surface area contributed by atoms with Gasteiger partial charge in [-0.25, -0.2) is 4.39 Å². The minimum Gasteiger partial charge on any atom is -0.366 e. The number of primary amides is 1. The zero-order valence-corrected chi connectivity index (χ0v) is 13.5. The van der Waals surface area contributed by atoms with Gasteiger partial charge >= 0.3 is 0 Å². The molecule has 0 bridgehead atoms. The predicted octanol–water partition coefficient (Wildman–Crippen LogP) is 2.65. The Bertz CT molecular complexity index is 750. The van der Waals surface area contributed by atoms with Crippen molar-refractivity contribution in [3.8, 4) is 0 Å². The topological polar surface area (TPSA) is 98.2 Å². The van der Waals surface area contributed by atoms with E-state index in [9.17, 15) is 14.0 Å². The molecule has 5 N–H and O–H groups in total. The van der Waals surface area contributed by atoms with Crippen molar-refractivity contribution in [1.82, 2.24) is 0 Å². The highest BCUT2D eigenvalue weighted by atomic mass is 35.5. The fourth-order valence-electron chi connectivity index (χ4n) is 2.30. The average molecular weight is 350 g/mol. The first-order valence-electron chi connectivity index (χ1n) is 7.25. The van der Waals surface area contributed by atoms with E-state index < -0.39 is 11.7 Å². The Labute approximate surface area is 143 Å². The number of halogens is 2. The van der Waals surface area contributed by atoms with Crippen LogP contribution in [-0.4, -0.2) is 18.4 Å². The van der Waals surface area contributed by atoms with E-state index in [4.69, 9.17) is 23.1 Å². The van der Waals surface area contributed by atoms with Gasteiger partial charge in [-0.2, -0.15) is 0 Å². The van der Waals surface area contributed by atoms with Gasteiger partial charge in [0.25, 0.3) is 5.91 Å². The number of carbonyl (C=O) groups excluding carboxylic acids is 2. The van der Waals surface area contributed by atoms with E-state index in [0.29, 0.717) is 5.02 Å². The number of nitrogens with two attached hydrogens (primary N) is 2. The molecule has 2 aromatic carbocycles. The molecule has 0 heterocycles. The highest BCUT2D eigenvalue weighted by Crippen LogP contribution is 2.22. The van der Waals surface area contributed by atoms with Gasteiger partial charge < -0.3 is 16.8 Å². The van der Waals surface area contributed by atoms with Crippen molar-refractivity contribution < 1.29 is 14.0 Å². The molecule has 0 spiro atoms. The number of amides is 2. The van der Waals surface area contributed by atoms with Crippen LogP contribution in [-0.2, 0) is 4.79 Å².